The number of halogens is 3. The summed E-state index contributed by atoms with van der Waals surface area (Å²) in [5.74, 6) is -0.921. The SMILES string of the molecule is O=C(CCCN1C(=O)c2ccccc2C1=O)NCc1ccc(COCC(F)(F)F)cc1. The smallest absolute Gasteiger partial charge is 0.367 e. The molecule has 1 aliphatic heterocycles. The van der Waals surface area contributed by atoms with Crippen LogP contribution in [-0.4, -0.2) is 41.9 Å². The molecule has 31 heavy (non-hydrogen) atoms. The van der Waals surface area contributed by atoms with Gasteiger partial charge in [-0.1, -0.05) is 36.4 Å². The van der Waals surface area contributed by atoms with Gasteiger partial charge in [-0.2, -0.15) is 13.2 Å². The van der Waals surface area contributed by atoms with Gasteiger partial charge < -0.3 is 10.1 Å². The Morgan fingerprint density at radius 3 is 2.10 bits per heavy atom. The number of nitrogens with one attached hydrogen (secondary N) is 1. The predicted molar refractivity (Wildman–Crippen MR) is 105 cm³/mol. The maximum Gasteiger partial charge on any atom is 0.411 e. The Labute approximate surface area is 177 Å². The zero-order valence-electron chi connectivity index (χ0n) is 16.6. The van der Waals surface area contributed by atoms with Gasteiger partial charge in [-0.15, -0.1) is 0 Å². The van der Waals surface area contributed by atoms with Crippen molar-refractivity contribution in [3.63, 3.8) is 0 Å². The lowest BCUT2D eigenvalue weighted by Gasteiger charge is -2.13. The summed E-state index contributed by atoms with van der Waals surface area (Å²) in [5, 5.41) is 2.74. The minimum atomic E-state index is -4.36. The topological polar surface area (TPSA) is 75.7 Å². The largest absolute Gasteiger partial charge is 0.411 e. The average molecular weight is 434 g/mol. The Morgan fingerprint density at radius 1 is 0.935 bits per heavy atom. The standard InChI is InChI=1S/C22H21F3N2O4/c23-22(24,25)14-31-13-16-9-7-15(8-10-16)12-26-19(28)6-3-11-27-20(29)17-4-1-2-5-18(17)21(27)30/h1-2,4-5,7-10H,3,6,11-14H2,(H,26,28). The highest BCUT2D eigenvalue weighted by molar-refractivity contribution is 6.21. The monoisotopic (exact) mass is 434 g/mol. The van der Waals surface area contributed by atoms with E-state index in [0.717, 1.165) is 10.5 Å². The second-order valence-electron chi connectivity index (χ2n) is 7.11. The van der Waals surface area contributed by atoms with Crippen molar-refractivity contribution in [3.05, 3.63) is 70.8 Å². The van der Waals surface area contributed by atoms with E-state index in [-0.39, 0.29) is 43.8 Å². The number of nitrogens with zero attached hydrogens (tertiary/aromatic N) is 1. The van der Waals surface area contributed by atoms with Crippen LogP contribution in [0.5, 0.6) is 0 Å². The third-order valence-corrected chi connectivity index (χ3v) is 4.71. The molecule has 0 radical (unpaired) electrons. The predicted octanol–water partition coefficient (Wildman–Crippen LogP) is 3.46. The number of alkyl halides is 3. The van der Waals surface area contributed by atoms with E-state index in [2.05, 4.69) is 10.1 Å². The summed E-state index contributed by atoms with van der Waals surface area (Å²) in [6.07, 6.45) is -3.87. The van der Waals surface area contributed by atoms with Crippen molar-refractivity contribution >= 4 is 17.7 Å². The van der Waals surface area contributed by atoms with E-state index in [0.29, 0.717) is 23.1 Å². The first kappa shape index (κ1) is 22.5. The van der Waals surface area contributed by atoms with Crippen molar-refractivity contribution in [1.82, 2.24) is 10.2 Å². The Morgan fingerprint density at radius 2 is 1.52 bits per heavy atom. The molecule has 0 spiro atoms. The number of carbonyl (C=O) groups excluding carboxylic acids is 3. The molecule has 0 bridgehead atoms. The van der Waals surface area contributed by atoms with E-state index in [4.69, 9.17) is 0 Å². The molecule has 0 aliphatic carbocycles. The van der Waals surface area contributed by atoms with Gasteiger partial charge in [0.25, 0.3) is 11.8 Å². The minimum absolute atomic E-state index is 0.149. The third-order valence-electron chi connectivity index (χ3n) is 4.71. The summed E-state index contributed by atoms with van der Waals surface area (Å²) in [5.41, 5.74) is 2.14. The van der Waals surface area contributed by atoms with Crippen LogP contribution in [0.2, 0.25) is 0 Å². The Bertz CT molecular complexity index is 923. The minimum Gasteiger partial charge on any atom is -0.367 e. The Kier molecular flexibility index (Phi) is 7.06. The van der Waals surface area contributed by atoms with E-state index in [1.165, 1.54) is 0 Å². The number of amides is 3. The van der Waals surface area contributed by atoms with E-state index < -0.39 is 12.8 Å². The lowest BCUT2D eigenvalue weighted by atomic mass is 10.1. The summed E-state index contributed by atoms with van der Waals surface area (Å²) in [7, 11) is 0. The van der Waals surface area contributed by atoms with E-state index in [1.807, 2.05) is 0 Å². The zero-order valence-corrected chi connectivity index (χ0v) is 16.6. The second-order valence-corrected chi connectivity index (χ2v) is 7.11. The van der Waals surface area contributed by atoms with Crippen LogP contribution in [-0.2, 0) is 22.7 Å². The van der Waals surface area contributed by atoms with Gasteiger partial charge in [0.2, 0.25) is 5.91 Å². The van der Waals surface area contributed by atoms with Crippen molar-refractivity contribution in [2.75, 3.05) is 13.2 Å². The van der Waals surface area contributed by atoms with E-state index in [1.54, 1.807) is 48.5 Å². The van der Waals surface area contributed by atoms with Gasteiger partial charge in [-0.25, -0.2) is 0 Å². The van der Waals surface area contributed by atoms with Crippen LogP contribution in [0.15, 0.2) is 48.5 Å². The van der Waals surface area contributed by atoms with Gasteiger partial charge in [-0.05, 0) is 29.7 Å². The van der Waals surface area contributed by atoms with Crippen LogP contribution >= 0.6 is 0 Å². The number of carbonyl (C=O) groups is 3. The summed E-state index contributed by atoms with van der Waals surface area (Å²) >= 11 is 0. The molecule has 1 N–H and O–H groups in total. The highest BCUT2D eigenvalue weighted by Crippen LogP contribution is 2.22. The maximum atomic E-state index is 12.3. The van der Waals surface area contributed by atoms with Gasteiger partial charge in [0, 0.05) is 19.5 Å². The van der Waals surface area contributed by atoms with Gasteiger partial charge in [0.05, 0.1) is 17.7 Å². The summed E-state index contributed by atoms with van der Waals surface area (Å²) in [6, 6.07) is 13.3. The molecule has 6 nitrogen and oxygen atoms in total. The molecule has 2 aromatic rings. The molecule has 0 fully saturated rings. The molecule has 0 atom stereocenters. The zero-order chi connectivity index (χ0) is 22.4. The van der Waals surface area contributed by atoms with Gasteiger partial charge in [0.1, 0.15) is 6.61 Å². The number of hydrogen-bond donors (Lipinski definition) is 1. The Balaban J connectivity index is 1.37. The lowest BCUT2D eigenvalue weighted by Crippen LogP contribution is -2.32. The fourth-order valence-electron chi connectivity index (χ4n) is 3.17. The Hall–Kier alpha value is -3.20. The summed E-state index contributed by atoms with van der Waals surface area (Å²) in [4.78, 5) is 37.7. The van der Waals surface area contributed by atoms with Gasteiger partial charge in [-0.3, -0.25) is 19.3 Å². The molecule has 0 saturated carbocycles. The lowest BCUT2D eigenvalue weighted by molar-refractivity contribution is -0.176. The van der Waals surface area contributed by atoms with Crippen LogP contribution in [0.3, 0.4) is 0 Å². The van der Waals surface area contributed by atoms with Gasteiger partial charge in [0.15, 0.2) is 0 Å². The third kappa shape index (κ3) is 6.14. The first-order chi connectivity index (χ1) is 14.7. The molecular formula is C22H21F3N2O4. The van der Waals surface area contributed by atoms with Crippen LogP contribution in [0.25, 0.3) is 0 Å². The maximum absolute atomic E-state index is 12.3. The first-order valence-corrected chi connectivity index (χ1v) is 9.69. The molecule has 164 valence electrons. The van der Waals surface area contributed by atoms with Crippen molar-refractivity contribution < 1.29 is 32.3 Å². The van der Waals surface area contributed by atoms with E-state index >= 15 is 0 Å². The molecule has 0 unspecified atom stereocenters. The molecule has 9 heteroatoms. The summed E-state index contributed by atoms with van der Waals surface area (Å²) < 4.78 is 40.8. The molecule has 2 aromatic carbocycles. The number of benzene rings is 2. The normalized spacial score (nSPS) is 13.5. The molecule has 1 heterocycles. The molecule has 3 amide bonds. The first-order valence-electron chi connectivity index (χ1n) is 9.69. The molecule has 3 rings (SSSR count). The summed E-state index contributed by atoms with van der Waals surface area (Å²) in [6.45, 7) is -1.03. The van der Waals surface area contributed by atoms with E-state index in [9.17, 15) is 27.6 Å². The van der Waals surface area contributed by atoms with Crippen molar-refractivity contribution in [1.29, 1.82) is 0 Å². The van der Waals surface area contributed by atoms with Crippen molar-refractivity contribution in [2.45, 2.75) is 32.2 Å². The number of rotatable bonds is 9. The van der Waals surface area contributed by atoms with Crippen LogP contribution in [0, 0.1) is 0 Å². The molecule has 0 aromatic heterocycles. The van der Waals surface area contributed by atoms with Crippen LogP contribution in [0.4, 0.5) is 13.2 Å². The number of ether oxygens (including phenoxy) is 1. The molecule has 0 saturated heterocycles. The average Bonchev–Trinajstić information content (AvgIpc) is 2.97. The second kappa shape index (κ2) is 9.74. The number of imide groups is 1. The quantitative estimate of drug-likeness (QED) is 0.614. The number of fused-ring (bicyclic) bond motifs is 1. The fraction of sp³-hybridized carbons (Fsp3) is 0.318. The van der Waals surface area contributed by atoms with Gasteiger partial charge >= 0.3 is 6.18 Å². The molecule has 1 aliphatic rings. The van der Waals surface area contributed by atoms with Crippen LogP contribution in [0.1, 0.15) is 44.7 Å². The molecular weight excluding hydrogens is 413 g/mol. The van der Waals surface area contributed by atoms with Crippen molar-refractivity contribution in [3.8, 4) is 0 Å². The van der Waals surface area contributed by atoms with Crippen molar-refractivity contribution in [2.24, 2.45) is 0 Å². The van der Waals surface area contributed by atoms with Crippen LogP contribution < -0.4 is 5.32 Å². The highest BCUT2D eigenvalue weighted by atomic mass is 19.4. The highest BCUT2D eigenvalue weighted by Gasteiger charge is 2.34. The number of hydrogen-bond acceptors (Lipinski definition) is 4. The fourth-order valence-corrected chi connectivity index (χ4v) is 3.17.